The quantitative estimate of drug-likeness (QED) is 0.633. The van der Waals surface area contributed by atoms with Crippen LogP contribution in [0.25, 0.3) is 0 Å². The first-order chi connectivity index (χ1) is 15.4. The number of sulfonamides is 1. The minimum Gasteiger partial charge on any atom is -0.448 e. The molecule has 32 heavy (non-hydrogen) atoms. The van der Waals surface area contributed by atoms with Gasteiger partial charge in [-0.25, -0.2) is 13.2 Å². The maximum Gasteiger partial charge on any atom is 0.409 e. The molecule has 0 radical (unpaired) electrons. The highest BCUT2D eigenvalue weighted by Crippen LogP contribution is 2.31. The average molecular weight is 484 g/mol. The topological polar surface area (TPSA) is 70.2 Å². The molecule has 3 aliphatic heterocycles. The van der Waals surface area contributed by atoms with Crippen molar-refractivity contribution in [1.82, 2.24) is 14.1 Å². The maximum absolute atomic E-state index is 13.4. The molecule has 0 saturated carbocycles. The van der Waals surface area contributed by atoms with Gasteiger partial charge in [-0.3, -0.25) is 4.90 Å². The summed E-state index contributed by atoms with van der Waals surface area (Å²) in [5.41, 5.74) is 0. The van der Waals surface area contributed by atoms with E-state index in [4.69, 9.17) is 16.3 Å². The Balaban J connectivity index is 1.40. The second-order valence-electron chi connectivity index (χ2n) is 9.28. The van der Waals surface area contributed by atoms with Crippen molar-refractivity contribution < 1.29 is 17.9 Å². The number of rotatable bonds is 5. The van der Waals surface area contributed by atoms with Crippen LogP contribution in [0.5, 0.6) is 0 Å². The molecule has 3 aliphatic rings. The zero-order chi connectivity index (χ0) is 22.7. The number of likely N-dealkylation sites (tertiary alicyclic amines) is 2. The molecular weight excluding hydrogens is 450 g/mol. The van der Waals surface area contributed by atoms with Gasteiger partial charge in [0.1, 0.15) is 6.61 Å². The van der Waals surface area contributed by atoms with E-state index in [1.165, 1.54) is 29.3 Å². The predicted molar refractivity (Wildman–Crippen MR) is 124 cm³/mol. The van der Waals surface area contributed by atoms with Crippen LogP contribution in [0.4, 0.5) is 4.79 Å². The summed E-state index contributed by atoms with van der Waals surface area (Å²) < 4.78 is 34.0. The Labute approximate surface area is 196 Å². The Hall–Kier alpha value is -1.35. The fraction of sp³-hybridized carbons (Fsp3) is 0.696. The second-order valence-corrected chi connectivity index (χ2v) is 11.6. The van der Waals surface area contributed by atoms with Crippen LogP contribution in [-0.4, -0.2) is 79.5 Å². The highest BCUT2D eigenvalue weighted by Gasteiger charge is 2.39. The molecule has 3 heterocycles. The van der Waals surface area contributed by atoms with Crippen LogP contribution in [0.15, 0.2) is 29.2 Å². The van der Waals surface area contributed by atoms with Crippen LogP contribution < -0.4 is 0 Å². The van der Waals surface area contributed by atoms with Crippen LogP contribution in [0.2, 0.25) is 5.02 Å². The Kier molecular flexibility index (Phi) is 7.65. The van der Waals surface area contributed by atoms with Crippen LogP contribution >= 0.6 is 11.6 Å². The summed E-state index contributed by atoms with van der Waals surface area (Å²) in [6, 6.07) is 6.15. The number of carbonyl (C=O) groups is 1. The Bertz CT molecular complexity index is 889. The third-order valence-corrected chi connectivity index (χ3v) is 9.39. The summed E-state index contributed by atoms with van der Waals surface area (Å²) in [5, 5.41) is 0.495. The van der Waals surface area contributed by atoms with Crippen molar-refractivity contribution in [2.45, 2.75) is 74.9 Å². The van der Waals surface area contributed by atoms with Crippen molar-refractivity contribution in [3.63, 3.8) is 0 Å². The van der Waals surface area contributed by atoms with Gasteiger partial charge < -0.3 is 9.64 Å². The lowest BCUT2D eigenvalue weighted by Gasteiger charge is -2.40. The number of carbonyl (C=O) groups excluding carboxylic acids is 1. The average Bonchev–Trinajstić information content (AvgIpc) is 3.33. The summed E-state index contributed by atoms with van der Waals surface area (Å²) in [6.45, 7) is 5.65. The smallest absolute Gasteiger partial charge is 0.409 e. The van der Waals surface area contributed by atoms with E-state index in [9.17, 15) is 13.2 Å². The van der Waals surface area contributed by atoms with Crippen LogP contribution in [0.1, 0.15) is 51.9 Å². The summed E-state index contributed by atoms with van der Waals surface area (Å²) in [4.78, 5) is 17.4. The Morgan fingerprint density at radius 1 is 1.03 bits per heavy atom. The molecule has 0 spiro atoms. The van der Waals surface area contributed by atoms with Crippen molar-refractivity contribution in [3.8, 4) is 0 Å². The molecule has 178 valence electrons. The first-order valence-electron chi connectivity index (χ1n) is 11.8. The van der Waals surface area contributed by atoms with Gasteiger partial charge >= 0.3 is 6.09 Å². The number of hydrogen-bond acceptors (Lipinski definition) is 5. The van der Waals surface area contributed by atoms with Gasteiger partial charge in [0.25, 0.3) is 0 Å². The van der Waals surface area contributed by atoms with Gasteiger partial charge in [0.05, 0.1) is 10.9 Å². The normalized spacial score (nSPS) is 28.1. The largest absolute Gasteiger partial charge is 0.448 e. The first kappa shape index (κ1) is 23.8. The number of benzene rings is 1. The molecule has 1 amide bonds. The van der Waals surface area contributed by atoms with E-state index >= 15 is 0 Å². The van der Waals surface area contributed by atoms with E-state index < -0.39 is 10.0 Å². The van der Waals surface area contributed by atoms with E-state index in [0.29, 0.717) is 30.6 Å². The van der Waals surface area contributed by atoms with Gasteiger partial charge in [-0.15, -0.1) is 0 Å². The van der Waals surface area contributed by atoms with Crippen molar-refractivity contribution >= 4 is 27.7 Å². The lowest BCUT2D eigenvalue weighted by Crippen LogP contribution is -2.52. The van der Waals surface area contributed by atoms with E-state index in [2.05, 4.69) is 4.90 Å². The molecule has 0 bridgehead atoms. The number of piperidine rings is 2. The van der Waals surface area contributed by atoms with E-state index in [-0.39, 0.29) is 29.7 Å². The van der Waals surface area contributed by atoms with Crippen molar-refractivity contribution in [2.75, 3.05) is 32.8 Å². The third-order valence-electron chi connectivity index (χ3n) is 7.05. The van der Waals surface area contributed by atoms with E-state index in [1.54, 1.807) is 17.0 Å². The van der Waals surface area contributed by atoms with Crippen LogP contribution in [0, 0.1) is 0 Å². The van der Waals surface area contributed by atoms with Gasteiger partial charge in [-0.05, 0) is 82.8 Å². The van der Waals surface area contributed by atoms with E-state index in [1.807, 2.05) is 6.92 Å². The monoisotopic (exact) mass is 483 g/mol. The molecule has 0 aliphatic carbocycles. The second kappa shape index (κ2) is 10.3. The Morgan fingerprint density at radius 2 is 1.75 bits per heavy atom. The molecule has 0 aromatic heterocycles. The third kappa shape index (κ3) is 5.24. The number of hydrogen-bond donors (Lipinski definition) is 0. The molecule has 0 N–H and O–H groups in total. The van der Waals surface area contributed by atoms with Crippen molar-refractivity contribution in [1.29, 1.82) is 0 Å². The van der Waals surface area contributed by atoms with Crippen LogP contribution in [0.3, 0.4) is 0 Å². The van der Waals surface area contributed by atoms with Crippen molar-refractivity contribution in [2.24, 2.45) is 0 Å². The zero-order valence-corrected chi connectivity index (χ0v) is 20.4. The highest BCUT2D eigenvalue weighted by molar-refractivity contribution is 7.89. The minimum atomic E-state index is -3.71. The van der Waals surface area contributed by atoms with Crippen LogP contribution in [-0.2, 0) is 14.8 Å². The van der Waals surface area contributed by atoms with E-state index in [0.717, 1.165) is 38.8 Å². The SMILES string of the molecule is C[C@@H]1CCC[C@H](COC(=O)N2CCCC(N3CCCC3)C2)N1S(=O)(=O)c1ccc(Cl)cc1. The molecule has 3 atom stereocenters. The van der Waals surface area contributed by atoms with Gasteiger partial charge in [0.2, 0.25) is 10.0 Å². The van der Waals surface area contributed by atoms with Gasteiger partial charge in [-0.1, -0.05) is 18.0 Å². The molecule has 3 fully saturated rings. The summed E-state index contributed by atoms with van der Waals surface area (Å²) in [6.07, 6.45) is 6.64. The molecule has 7 nitrogen and oxygen atoms in total. The summed E-state index contributed by atoms with van der Waals surface area (Å²) >= 11 is 5.94. The lowest BCUT2D eigenvalue weighted by molar-refractivity contribution is 0.0475. The molecule has 1 aromatic carbocycles. The Morgan fingerprint density at radius 3 is 2.47 bits per heavy atom. The first-order valence-corrected chi connectivity index (χ1v) is 13.6. The van der Waals surface area contributed by atoms with Gasteiger partial charge in [0, 0.05) is 30.2 Å². The number of nitrogens with zero attached hydrogens (tertiary/aromatic N) is 3. The standard InChI is InChI=1S/C23H34ClN3O4S/c1-18-6-4-7-21(27(18)32(29,30)22-11-9-19(24)10-12-22)17-31-23(28)26-15-5-8-20(16-26)25-13-2-3-14-25/h9-12,18,20-21H,2-8,13-17H2,1H3/t18-,20?,21-/m1/s1. The fourth-order valence-corrected chi connectivity index (χ4v) is 7.35. The number of ether oxygens (including phenoxy) is 1. The van der Waals surface area contributed by atoms with Gasteiger partial charge in [0.15, 0.2) is 0 Å². The molecule has 1 aromatic rings. The summed E-state index contributed by atoms with van der Waals surface area (Å²) in [7, 11) is -3.71. The highest BCUT2D eigenvalue weighted by atomic mass is 35.5. The number of halogens is 1. The van der Waals surface area contributed by atoms with Crippen molar-refractivity contribution in [3.05, 3.63) is 29.3 Å². The van der Waals surface area contributed by atoms with Gasteiger partial charge in [-0.2, -0.15) is 4.31 Å². The summed E-state index contributed by atoms with van der Waals surface area (Å²) in [5.74, 6) is 0. The zero-order valence-electron chi connectivity index (χ0n) is 18.8. The molecular formula is C23H34ClN3O4S. The molecule has 4 rings (SSSR count). The molecule has 9 heteroatoms. The minimum absolute atomic E-state index is 0.0842. The maximum atomic E-state index is 13.4. The molecule has 1 unspecified atom stereocenters. The lowest BCUT2D eigenvalue weighted by atomic mass is 10.0. The molecule has 3 saturated heterocycles. The predicted octanol–water partition coefficient (Wildman–Crippen LogP) is 3.97. The fourth-order valence-electron chi connectivity index (χ4n) is 5.37. The number of amides is 1.